The fourth-order valence-electron chi connectivity index (χ4n) is 4.72. The molecule has 2 bridgehead atoms. The Morgan fingerprint density at radius 2 is 1.86 bits per heavy atom. The molecule has 14 heavy (non-hydrogen) atoms. The van der Waals surface area contributed by atoms with Crippen LogP contribution in [0.25, 0.3) is 0 Å². The molecule has 1 N–H and O–H groups in total. The molecule has 4 aliphatic carbocycles. The van der Waals surface area contributed by atoms with E-state index in [0.29, 0.717) is 17.3 Å². The molecule has 0 saturated heterocycles. The summed E-state index contributed by atoms with van der Waals surface area (Å²) in [7, 11) is 0. The number of hydrogen-bond donors (Lipinski definition) is 1. The Hall–Kier alpha value is -0.0400. The van der Waals surface area contributed by atoms with Crippen LogP contribution < -0.4 is 0 Å². The lowest BCUT2D eigenvalue weighted by Gasteiger charge is -2.61. The van der Waals surface area contributed by atoms with Crippen LogP contribution in [0.15, 0.2) is 0 Å². The first kappa shape index (κ1) is 9.21. The van der Waals surface area contributed by atoms with E-state index in [1.807, 2.05) is 0 Å². The Kier molecular flexibility index (Phi) is 1.81. The summed E-state index contributed by atoms with van der Waals surface area (Å²) in [4.78, 5) is 0. The van der Waals surface area contributed by atoms with E-state index >= 15 is 0 Å². The minimum Gasteiger partial charge on any atom is -0.393 e. The summed E-state index contributed by atoms with van der Waals surface area (Å²) in [6.07, 6.45) is 6.71. The minimum absolute atomic E-state index is 0.0459. The van der Waals surface area contributed by atoms with E-state index in [1.165, 1.54) is 32.1 Å². The van der Waals surface area contributed by atoms with Crippen LogP contribution in [0, 0.1) is 29.1 Å². The van der Waals surface area contributed by atoms with Crippen LogP contribution in [0.3, 0.4) is 0 Å². The van der Waals surface area contributed by atoms with Gasteiger partial charge >= 0.3 is 0 Å². The Balaban J connectivity index is 1.90. The van der Waals surface area contributed by atoms with Gasteiger partial charge in [0.15, 0.2) is 0 Å². The molecule has 0 aromatic rings. The predicted molar refractivity (Wildman–Crippen MR) is 56.8 cm³/mol. The molecule has 4 rings (SSSR count). The molecule has 0 aromatic heterocycles. The maximum atomic E-state index is 10.2. The quantitative estimate of drug-likeness (QED) is 0.628. The molecule has 1 heteroatoms. The minimum atomic E-state index is 0.0459. The van der Waals surface area contributed by atoms with Gasteiger partial charge in [-0.15, -0.1) is 0 Å². The van der Waals surface area contributed by atoms with Crippen molar-refractivity contribution in [2.24, 2.45) is 29.1 Å². The smallest absolute Gasteiger partial charge is 0.0599 e. The Bertz CT molecular complexity index is 240. The van der Waals surface area contributed by atoms with Crippen molar-refractivity contribution in [1.82, 2.24) is 0 Å². The van der Waals surface area contributed by atoms with Crippen molar-refractivity contribution in [3.8, 4) is 0 Å². The first-order valence-corrected chi connectivity index (χ1v) is 6.28. The third kappa shape index (κ3) is 1.05. The monoisotopic (exact) mass is 194 g/mol. The van der Waals surface area contributed by atoms with Crippen molar-refractivity contribution < 1.29 is 5.11 Å². The zero-order valence-electron chi connectivity index (χ0n) is 9.37. The third-order valence-electron chi connectivity index (χ3n) is 5.36. The predicted octanol–water partition coefficient (Wildman–Crippen LogP) is 2.83. The summed E-state index contributed by atoms with van der Waals surface area (Å²) in [6.45, 7) is 4.85. The van der Waals surface area contributed by atoms with E-state index < -0.39 is 0 Å². The Labute approximate surface area is 86.9 Å². The Morgan fingerprint density at radius 1 is 1.14 bits per heavy atom. The molecule has 1 nitrogen and oxygen atoms in total. The van der Waals surface area contributed by atoms with Gasteiger partial charge in [0.1, 0.15) is 0 Å². The average molecular weight is 194 g/mol. The highest BCUT2D eigenvalue weighted by Gasteiger charge is 2.56. The van der Waals surface area contributed by atoms with Crippen molar-refractivity contribution in [2.75, 3.05) is 0 Å². The van der Waals surface area contributed by atoms with Gasteiger partial charge in [0.25, 0.3) is 0 Å². The topological polar surface area (TPSA) is 20.2 Å². The van der Waals surface area contributed by atoms with Crippen LogP contribution in [-0.2, 0) is 0 Å². The van der Waals surface area contributed by atoms with Crippen LogP contribution in [0.4, 0.5) is 0 Å². The van der Waals surface area contributed by atoms with Crippen molar-refractivity contribution in [3.63, 3.8) is 0 Å². The second-order valence-corrected chi connectivity index (χ2v) is 6.55. The molecule has 4 aliphatic rings. The average Bonchev–Trinajstić information content (AvgIpc) is 2.03. The molecule has 0 radical (unpaired) electrons. The van der Waals surface area contributed by atoms with Gasteiger partial charge in [-0.1, -0.05) is 20.3 Å². The van der Waals surface area contributed by atoms with E-state index in [1.54, 1.807) is 0 Å². The lowest BCUT2D eigenvalue weighted by Crippen LogP contribution is -2.57. The van der Waals surface area contributed by atoms with Gasteiger partial charge in [0.2, 0.25) is 0 Å². The molecule has 0 spiro atoms. The summed E-state index contributed by atoms with van der Waals surface area (Å²) in [5.74, 6) is 3.12. The largest absolute Gasteiger partial charge is 0.393 e. The second kappa shape index (κ2) is 2.75. The summed E-state index contributed by atoms with van der Waals surface area (Å²) in [5, 5.41) is 10.2. The highest BCUT2D eigenvalue weighted by Crippen LogP contribution is 2.61. The van der Waals surface area contributed by atoms with Gasteiger partial charge in [-0.25, -0.2) is 0 Å². The fourth-order valence-corrected chi connectivity index (χ4v) is 4.72. The Morgan fingerprint density at radius 3 is 2.50 bits per heavy atom. The van der Waals surface area contributed by atoms with Gasteiger partial charge in [-0.3, -0.25) is 0 Å². The molecule has 0 aromatic carbocycles. The molecule has 4 fully saturated rings. The molecular formula is C13H22O. The highest BCUT2D eigenvalue weighted by atomic mass is 16.3. The lowest BCUT2D eigenvalue weighted by atomic mass is 9.45. The summed E-state index contributed by atoms with van der Waals surface area (Å²) in [5.41, 5.74) is 0.500. The van der Waals surface area contributed by atoms with Crippen LogP contribution in [-0.4, -0.2) is 11.2 Å². The van der Waals surface area contributed by atoms with Crippen molar-refractivity contribution in [2.45, 2.75) is 52.1 Å². The fraction of sp³-hybridized carbons (Fsp3) is 1.00. The molecule has 3 unspecified atom stereocenters. The zero-order chi connectivity index (χ0) is 9.92. The van der Waals surface area contributed by atoms with Gasteiger partial charge in [-0.2, -0.15) is 0 Å². The molecule has 0 heterocycles. The first-order chi connectivity index (χ1) is 6.59. The standard InChI is InChI=1S/C13H22O/c1-13(2)5-3-4-10-11(13)8-6-9(7-8)12(10)14/h8-12,14H,3-7H2,1-2H3. The summed E-state index contributed by atoms with van der Waals surface area (Å²) >= 11 is 0. The summed E-state index contributed by atoms with van der Waals surface area (Å²) in [6, 6.07) is 0. The second-order valence-electron chi connectivity index (χ2n) is 6.55. The van der Waals surface area contributed by atoms with Crippen LogP contribution in [0.5, 0.6) is 0 Å². The van der Waals surface area contributed by atoms with Crippen molar-refractivity contribution >= 4 is 0 Å². The van der Waals surface area contributed by atoms with E-state index in [4.69, 9.17) is 0 Å². The van der Waals surface area contributed by atoms with Crippen LogP contribution in [0.2, 0.25) is 0 Å². The molecule has 0 amide bonds. The maximum Gasteiger partial charge on any atom is 0.0599 e. The number of rotatable bonds is 0. The van der Waals surface area contributed by atoms with Crippen molar-refractivity contribution in [3.05, 3.63) is 0 Å². The van der Waals surface area contributed by atoms with E-state index in [0.717, 1.165) is 11.8 Å². The lowest BCUT2D eigenvalue weighted by molar-refractivity contribution is -0.165. The van der Waals surface area contributed by atoms with Gasteiger partial charge in [0.05, 0.1) is 6.10 Å². The van der Waals surface area contributed by atoms with Gasteiger partial charge in [0, 0.05) is 0 Å². The van der Waals surface area contributed by atoms with Gasteiger partial charge in [-0.05, 0) is 54.8 Å². The van der Waals surface area contributed by atoms with E-state index in [2.05, 4.69) is 13.8 Å². The van der Waals surface area contributed by atoms with Crippen LogP contribution in [0.1, 0.15) is 46.0 Å². The highest BCUT2D eigenvalue weighted by molar-refractivity contribution is 5.06. The van der Waals surface area contributed by atoms with Crippen LogP contribution >= 0.6 is 0 Å². The van der Waals surface area contributed by atoms with Gasteiger partial charge < -0.3 is 5.11 Å². The maximum absolute atomic E-state index is 10.2. The number of aliphatic hydroxyl groups excluding tert-OH is 1. The first-order valence-electron chi connectivity index (χ1n) is 6.28. The zero-order valence-corrected chi connectivity index (χ0v) is 9.37. The van der Waals surface area contributed by atoms with Crippen molar-refractivity contribution in [1.29, 1.82) is 0 Å². The molecule has 0 aliphatic heterocycles. The normalized spacial score (nSPS) is 54.6. The molecule has 4 saturated carbocycles. The van der Waals surface area contributed by atoms with E-state index in [-0.39, 0.29) is 6.10 Å². The third-order valence-corrected chi connectivity index (χ3v) is 5.36. The molecule has 3 atom stereocenters. The van der Waals surface area contributed by atoms with E-state index in [9.17, 15) is 5.11 Å². The summed E-state index contributed by atoms with van der Waals surface area (Å²) < 4.78 is 0. The molecule has 80 valence electrons. The number of aliphatic hydroxyl groups is 1. The SMILES string of the molecule is CC1(C)CCCC2C(O)C3CC(C3)C21. The number of hydrogen-bond acceptors (Lipinski definition) is 1. The molecular weight excluding hydrogens is 172 g/mol.